The van der Waals surface area contributed by atoms with E-state index in [1.807, 2.05) is 37.2 Å². The molecule has 6 nitrogen and oxygen atoms in total. The number of nitrogens with zero attached hydrogens (tertiary/aromatic N) is 4. The highest BCUT2D eigenvalue weighted by Gasteiger charge is 2.29. The predicted octanol–water partition coefficient (Wildman–Crippen LogP) is 2.67. The van der Waals surface area contributed by atoms with Crippen molar-refractivity contribution in [3.63, 3.8) is 0 Å². The average molecular weight is 344 g/mol. The third-order valence-electron chi connectivity index (χ3n) is 4.88. The Labute approximate surface area is 149 Å². The molecule has 1 unspecified atom stereocenters. The number of hydrogen-bond acceptors (Lipinski definition) is 4. The summed E-state index contributed by atoms with van der Waals surface area (Å²) in [4.78, 5) is 21.6. The maximum absolute atomic E-state index is 12.9. The number of aryl methyl sites for hydroxylation is 2. The van der Waals surface area contributed by atoms with Crippen molar-refractivity contribution in [1.82, 2.24) is 19.4 Å². The Morgan fingerprint density at radius 2 is 2.20 bits per heavy atom. The second-order valence-electron chi connectivity index (χ2n) is 7.20. The molecule has 0 bridgehead atoms. The Bertz CT molecular complexity index is 732. The summed E-state index contributed by atoms with van der Waals surface area (Å²) >= 11 is 0. The van der Waals surface area contributed by atoms with Crippen LogP contribution in [0.15, 0.2) is 22.9 Å². The van der Waals surface area contributed by atoms with E-state index in [-0.39, 0.29) is 5.91 Å². The van der Waals surface area contributed by atoms with E-state index in [9.17, 15) is 4.79 Å². The predicted molar refractivity (Wildman–Crippen MR) is 96.8 cm³/mol. The van der Waals surface area contributed by atoms with Gasteiger partial charge in [-0.3, -0.25) is 4.79 Å². The SMILES string of the molecule is Cc1cc(C(=O)N2CCCC(c3nccn3CCN(C)C)C2)c(C)o1. The highest BCUT2D eigenvalue weighted by atomic mass is 16.3. The van der Waals surface area contributed by atoms with Crippen molar-refractivity contribution in [2.75, 3.05) is 33.7 Å². The Balaban J connectivity index is 1.72. The molecular formula is C19H28N4O2. The lowest BCUT2D eigenvalue weighted by Gasteiger charge is -2.32. The molecule has 1 atom stereocenters. The number of imidazole rings is 1. The molecule has 1 fully saturated rings. The molecular weight excluding hydrogens is 316 g/mol. The Kier molecular flexibility index (Phi) is 5.27. The Morgan fingerprint density at radius 3 is 2.88 bits per heavy atom. The Morgan fingerprint density at radius 1 is 1.40 bits per heavy atom. The minimum Gasteiger partial charge on any atom is -0.466 e. The maximum atomic E-state index is 12.9. The van der Waals surface area contributed by atoms with Crippen LogP contribution in [0.25, 0.3) is 0 Å². The van der Waals surface area contributed by atoms with Crippen LogP contribution in [-0.2, 0) is 6.54 Å². The van der Waals surface area contributed by atoms with Gasteiger partial charge in [-0.25, -0.2) is 4.98 Å². The van der Waals surface area contributed by atoms with Gasteiger partial charge in [-0.15, -0.1) is 0 Å². The molecule has 25 heavy (non-hydrogen) atoms. The summed E-state index contributed by atoms with van der Waals surface area (Å²) in [6.07, 6.45) is 6.00. The van der Waals surface area contributed by atoms with E-state index in [0.717, 1.165) is 50.6 Å². The lowest BCUT2D eigenvalue weighted by atomic mass is 9.96. The van der Waals surface area contributed by atoms with E-state index < -0.39 is 0 Å². The maximum Gasteiger partial charge on any atom is 0.257 e. The van der Waals surface area contributed by atoms with E-state index in [0.29, 0.717) is 17.2 Å². The molecule has 6 heteroatoms. The van der Waals surface area contributed by atoms with Gasteiger partial charge < -0.3 is 18.8 Å². The van der Waals surface area contributed by atoms with Crippen molar-refractivity contribution < 1.29 is 9.21 Å². The van der Waals surface area contributed by atoms with Gasteiger partial charge in [0.05, 0.1) is 5.56 Å². The molecule has 1 amide bonds. The number of carbonyl (C=O) groups excluding carboxylic acids is 1. The average Bonchev–Trinajstić information content (AvgIpc) is 3.18. The number of likely N-dealkylation sites (N-methyl/N-ethyl adjacent to an activating group) is 1. The lowest BCUT2D eigenvalue weighted by molar-refractivity contribution is 0.0701. The number of piperidine rings is 1. The quantitative estimate of drug-likeness (QED) is 0.837. The third kappa shape index (κ3) is 3.95. The third-order valence-corrected chi connectivity index (χ3v) is 4.88. The number of hydrogen-bond donors (Lipinski definition) is 0. The topological polar surface area (TPSA) is 54.5 Å². The lowest BCUT2D eigenvalue weighted by Crippen LogP contribution is -2.40. The zero-order valence-corrected chi connectivity index (χ0v) is 15.7. The first-order valence-corrected chi connectivity index (χ1v) is 8.97. The molecule has 0 N–H and O–H groups in total. The van der Waals surface area contributed by atoms with Crippen LogP contribution in [0.2, 0.25) is 0 Å². The summed E-state index contributed by atoms with van der Waals surface area (Å²) in [7, 11) is 4.15. The van der Waals surface area contributed by atoms with Gasteiger partial charge >= 0.3 is 0 Å². The van der Waals surface area contributed by atoms with Crippen LogP contribution in [0.1, 0.15) is 46.5 Å². The molecule has 1 aliphatic heterocycles. The molecule has 2 aromatic heterocycles. The van der Waals surface area contributed by atoms with Crippen molar-refractivity contribution >= 4 is 5.91 Å². The van der Waals surface area contributed by atoms with E-state index in [1.54, 1.807) is 0 Å². The summed E-state index contributed by atoms with van der Waals surface area (Å²) < 4.78 is 7.76. The minimum absolute atomic E-state index is 0.0745. The molecule has 0 aliphatic carbocycles. The van der Waals surface area contributed by atoms with Crippen LogP contribution in [0.5, 0.6) is 0 Å². The first kappa shape index (κ1) is 17.7. The van der Waals surface area contributed by atoms with Gasteiger partial charge in [-0.2, -0.15) is 0 Å². The molecule has 0 aromatic carbocycles. The smallest absolute Gasteiger partial charge is 0.257 e. The number of aromatic nitrogens is 2. The molecule has 1 aliphatic rings. The summed E-state index contributed by atoms with van der Waals surface area (Å²) in [5.41, 5.74) is 0.689. The van der Waals surface area contributed by atoms with Crippen molar-refractivity contribution in [3.8, 4) is 0 Å². The van der Waals surface area contributed by atoms with Crippen LogP contribution >= 0.6 is 0 Å². The molecule has 136 valence electrons. The van der Waals surface area contributed by atoms with Crippen molar-refractivity contribution in [1.29, 1.82) is 0 Å². The normalized spacial score (nSPS) is 18.1. The van der Waals surface area contributed by atoms with Crippen molar-refractivity contribution in [2.45, 2.75) is 39.2 Å². The van der Waals surface area contributed by atoms with Crippen LogP contribution in [0.4, 0.5) is 0 Å². The van der Waals surface area contributed by atoms with Gasteiger partial charge in [-0.1, -0.05) is 0 Å². The Hall–Kier alpha value is -2.08. The summed E-state index contributed by atoms with van der Waals surface area (Å²) in [6.45, 7) is 7.16. The number of furan rings is 1. The van der Waals surface area contributed by atoms with Gasteiger partial charge in [0.25, 0.3) is 5.91 Å². The second-order valence-corrected chi connectivity index (χ2v) is 7.20. The highest BCUT2D eigenvalue weighted by molar-refractivity contribution is 5.95. The van der Waals surface area contributed by atoms with Gasteiger partial charge in [0.1, 0.15) is 17.3 Å². The molecule has 3 heterocycles. The molecule has 2 aromatic rings. The number of carbonyl (C=O) groups is 1. The van der Waals surface area contributed by atoms with Crippen LogP contribution in [0.3, 0.4) is 0 Å². The van der Waals surface area contributed by atoms with Gasteiger partial charge in [0.2, 0.25) is 0 Å². The minimum atomic E-state index is 0.0745. The van der Waals surface area contributed by atoms with E-state index in [1.165, 1.54) is 0 Å². The van der Waals surface area contributed by atoms with E-state index >= 15 is 0 Å². The fourth-order valence-corrected chi connectivity index (χ4v) is 3.56. The molecule has 0 spiro atoms. The summed E-state index contributed by atoms with van der Waals surface area (Å²) in [5, 5.41) is 0. The van der Waals surface area contributed by atoms with Crippen LogP contribution in [0, 0.1) is 13.8 Å². The first-order valence-electron chi connectivity index (χ1n) is 8.97. The number of rotatable bonds is 5. The number of amides is 1. The van der Waals surface area contributed by atoms with Crippen molar-refractivity contribution in [3.05, 3.63) is 41.4 Å². The van der Waals surface area contributed by atoms with Gasteiger partial charge in [0.15, 0.2) is 0 Å². The van der Waals surface area contributed by atoms with E-state index in [2.05, 4.69) is 28.5 Å². The fourth-order valence-electron chi connectivity index (χ4n) is 3.56. The van der Waals surface area contributed by atoms with E-state index in [4.69, 9.17) is 4.42 Å². The standard InChI is InChI=1S/C19H28N4O2/c1-14-12-17(15(2)25-14)19(24)23-8-5-6-16(13-23)18-20-7-9-22(18)11-10-21(3)4/h7,9,12,16H,5-6,8,10-11,13H2,1-4H3. The zero-order valence-electron chi connectivity index (χ0n) is 15.7. The monoisotopic (exact) mass is 344 g/mol. The second kappa shape index (κ2) is 7.44. The van der Waals surface area contributed by atoms with Gasteiger partial charge in [-0.05, 0) is 46.9 Å². The number of likely N-dealkylation sites (tertiary alicyclic amines) is 1. The largest absolute Gasteiger partial charge is 0.466 e. The molecule has 0 radical (unpaired) electrons. The molecule has 3 rings (SSSR count). The summed E-state index contributed by atoms with van der Waals surface area (Å²) in [5.74, 6) is 2.96. The zero-order chi connectivity index (χ0) is 18.0. The van der Waals surface area contributed by atoms with Gasteiger partial charge in [0, 0.05) is 44.5 Å². The highest BCUT2D eigenvalue weighted by Crippen LogP contribution is 2.27. The fraction of sp³-hybridized carbons (Fsp3) is 0.579. The van der Waals surface area contributed by atoms with Crippen LogP contribution < -0.4 is 0 Å². The van der Waals surface area contributed by atoms with Crippen molar-refractivity contribution in [2.24, 2.45) is 0 Å². The molecule has 0 saturated carbocycles. The van der Waals surface area contributed by atoms with Crippen LogP contribution in [-0.4, -0.2) is 59.0 Å². The first-order chi connectivity index (χ1) is 12.0. The molecule has 1 saturated heterocycles. The summed E-state index contributed by atoms with van der Waals surface area (Å²) in [6, 6.07) is 1.85.